The van der Waals surface area contributed by atoms with Crippen molar-refractivity contribution < 1.29 is 9.53 Å². The number of rotatable bonds is 6. The zero-order chi connectivity index (χ0) is 18.4. The molecule has 26 heavy (non-hydrogen) atoms. The maximum Gasteiger partial charge on any atom is 0.234 e. The third kappa shape index (κ3) is 5.94. The van der Waals surface area contributed by atoms with E-state index in [0.717, 1.165) is 42.3 Å². The first-order valence-electron chi connectivity index (χ1n) is 8.72. The highest BCUT2D eigenvalue weighted by Crippen LogP contribution is 2.22. The van der Waals surface area contributed by atoms with E-state index in [4.69, 9.17) is 16.3 Å². The number of ether oxygens (including phenoxy) is 1. The summed E-state index contributed by atoms with van der Waals surface area (Å²) in [5.74, 6) is 1.18. The molecule has 1 saturated heterocycles. The zero-order valence-corrected chi connectivity index (χ0v) is 16.4. The second-order valence-electron chi connectivity index (χ2n) is 6.44. The third-order valence-electron chi connectivity index (χ3n) is 4.29. The van der Waals surface area contributed by atoms with Crippen LogP contribution in [0.25, 0.3) is 0 Å². The molecule has 2 aromatic rings. The minimum Gasteiger partial charge on any atom is -0.490 e. The molecule has 0 aliphatic carbocycles. The molecular formula is C20H23ClN2O2S. The molecule has 1 fully saturated rings. The fourth-order valence-electron chi connectivity index (χ4n) is 2.79. The van der Waals surface area contributed by atoms with Crippen molar-refractivity contribution in [2.24, 2.45) is 0 Å². The molecule has 0 unspecified atom stereocenters. The lowest BCUT2D eigenvalue weighted by atomic mass is 10.1. The van der Waals surface area contributed by atoms with E-state index in [0.29, 0.717) is 10.8 Å². The molecule has 0 saturated carbocycles. The van der Waals surface area contributed by atoms with Crippen LogP contribution >= 0.6 is 23.4 Å². The standard InChI is InChI=1S/C20H23ClN2O2S/c1-23-12-10-18(11-13-23)25-17-6-4-16(5-7-17)22-20(24)14-26-19-8-2-15(21)3-9-19/h2-9,18H,10-14H2,1H3,(H,22,24). The van der Waals surface area contributed by atoms with Crippen LogP contribution in [0.15, 0.2) is 53.4 Å². The topological polar surface area (TPSA) is 41.6 Å². The molecule has 0 aromatic heterocycles. The maximum absolute atomic E-state index is 12.1. The second-order valence-corrected chi connectivity index (χ2v) is 7.92. The molecule has 0 radical (unpaired) electrons. The average molecular weight is 391 g/mol. The van der Waals surface area contributed by atoms with Gasteiger partial charge in [-0.2, -0.15) is 0 Å². The van der Waals surface area contributed by atoms with Crippen LogP contribution in [-0.4, -0.2) is 42.8 Å². The van der Waals surface area contributed by atoms with Crippen LogP contribution in [0.4, 0.5) is 5.69 Å². The molecule has 6 heteroatoms. The Morgan fingerprint density at radius 2 is 1.81 bits per heavy atom. The van der Waals surface area contributed by atoms with E-state index < -0.39 is 0 Å². The van der Waals surface area contributed by atoms with Crippen molar-refractivity contribution in [3.05, 3.63) is 53.6 Å². The summed E-state index contributed by atoms with van der Waals surface area (Å²) in [5, 5.41) is 3.61. The molecule has 138 valence electrons. The normalized spacial score (nSPS) is 15.6. The highest BCUT2D eigenvalue weighted by molar-refractivity contribution is 8.00. The molecular weight excluding hydrogens is 368 g/mol. The summed E-state index contributed by atoms with van der Waals surface area (Å²) >= 11 is 7.35. The monoisotopic (exact) mass is 390 g/mol. The molecule has 1 aliphatic rings. The number of piperidine rings is 1. The molecule has 1 N–H and O–H groups in total. The predicted octanol–water partition coefficient (Wildman–Crippen LogP) is 4.54. The number of amides is 1. The van der Waals surface area contributed by atoms with Crippen molar-refractivity contribution in [2.75, 3.05) is 31.2 Å². The maximum atomic E-state index is 12.1. The largest absolute Gasteiger partial charge is 0.490 e. The van der Waals surface area contributed by atoms with Crippen LogP contribution in [0, 0.1) is 0 Å². The number of thioether (sulfide) groups is 1. The molecule has 0 bridgehead atoms. The van der Waals surface area contributed by atoms with Gasteiger partial charge in [-0.1, -0.05) is 11.6 Å². The zero-order valence-electron chi connectivity index (χ0n) is 14.8. The van der Waals surface area contributed by atoms with Gasteiger partial charge in [0.05, 0.1) is 5.75 Å². The van der Waals surface area contributed by atoms with E-state index in [1.165, 1.54) is 11.8 Å². The fourth-order valence-corrected chi connectivity index (χ4v) is 3.61. The predicted molar refractivity (Wildman–Crippen MR) is 108 cm³/mol. The van der Waals surface area contributed by atoms with E-state index >= 15 is 0 Å². The molecule has 0 atom stereocenters. The first-order chi connectivity index (χ1) is 12.6. The number of hydrogen-bond acceptors (Lipinski definition) is 4. The Labute approximate surface area is 163 Å². The van der Waals surface area contributed by atoms with E-state index in [1.807, 2.05) is 48.5 Å². The summed E-state index contributed by atoms with van der Waals surface area (Å²) in [4.78, 5) is 15.4. The Hall–Kier alpha value is -1.69. The first-order valence-corrected chi connectivity index (χ1v) is 10.1. The summed E-state index contributed by atoms with van der Waals surface area (Å²) in [5.41, 5.74) is 0.780. The van der Waals surface area contributed by atoms with E-state index in [1.54, 1.807) is 0 Å². The lowest BCUT2D eigenvalue weighted by Gasteiger charge is -2.29. The van der Waals surface area contributed by atoms with Gasteiger partial charge in [0, 0.05) is 28.7 Å². The third-order valence-corrected chi connectivity index (χ3v) is 5.55. The van der Waals surface area contributed by atoms with Gasteiger partial charge in [-0.25, -0.2) is 0 Å². The molecule has 2 aromatic carbocycles. The van der Waals surface area contributed by atoms with E-state index in [-0.39, 0.29) is 12.0 Å². The lowest BCUT2D eigenvalue weighted by molar-refractivity contribution is -0.113. The van der Waals surface area contributed by atoms with Crippen LogP contribution in [-0.2, 0) is 4.79 Å². The first kappa shape index (κ1) is 19.1. The van der Waals surface area contributed by atoms with Crippen LogP contribution in [0.5, 0.6) is 5.75 Å². The second kappa shape index (κ2) is 9.31. The van der Waals surface area contributed by atoms with Gasteiger partial charge in [-0.05, 0) is 68.4 Å². The molecule has 1 amide bonds. The molecule has 4 nitrogen and oxygen atoms in total. The Morgan fingerprint density at radius 1 is 1.15 bits per heavy atom. The summed E-state index contributed by atoms with van der Waals surface area (Å²) in [6.07, 6.45) is 2.38. The van der Waals surface area contributed by atoms with Gasteiger partial charge >= 0.3 is 0 Å². The lowest BCUT2D eigenvalue weighted by Crippen LogP contribution is -2.35. The number of nitrogens with zero attached hydrogens (tertiary/aromatic N) is 1. The van der Waals surface area contributed by atoms with Crippen molar-refractivity contribution in [3.8, 4) is 5.75 Å². The number of anilines is 1. The quantitative estimate of drug-likeness (QED) is 0.735. The number of halogens is 1. The smallest absolute Gasteiger partial charge is 0.234 e. The van der Waals surface area contributed by atoms with Crippen molar-refractivity contribution in [3.63, 3.8) is 0 Å². The van der Waals surface area contributed by atoms with Crippen molar-refractivity contribution >= 4 is 35.0 Å². The van der Waals surface area contributed by atoms with Gasteiger partial charge < -0.3 is 15.0 Å². The fraction of sp³-hybridized carbons (Fsp3) is 0.350. The molecule has 0 spiro atoms. The van der Waals surface area contributed by atoms with Gasteiger partial charge in [-0.15, -0.1) is 11.8 Å². The number of nitrogens with one attached hydrogen (secondary N) is 1. The highest BCUT2D eigenvalue weighted by Gasteiger charge is 2.17. The van der Waals surface area contributed by atoms with Crippen molar-refractivity contribution in [2.45, 2.75) is 23.8 Å². The minimum absolute atomic E-state index is 0.0334. The van der Waals surface area contributed by atoms with Crippen LogP contribution < -0.4 is 10.1 Å². The summed E-state index contributed by atoms with van der Waals surface area (Å²) in [6.45, 7) is 2.15. The number of carbonyl (C=O) groups excluding carboxylic acids is 1. The number of hydrogen-bond donors (Lipinski definition) is 1. The molecule has 3 rings (SSSR count). The summed E-state index contributed by atoms with van der Waals surface area (Å²) < 4.78 is 6.02. The summed E-state index contributed by atoms with van der Waals surface area (Å²) in [6, 6.07) is 15.1. The Kier molecular flexibility index (Phi) is 6.83. The molecule has 1 heterocycles. The summed E-state index contributed by atoms with van der Waals surface area (Å²) in [7, 11) is 2.14. The Bertz CT molecular complexity index is 714. The van der Waals surface area contributed by atoms with Gasteiger partial charge in [0.25, 0.3) is 0 Å². The van der Waals surface area contributed by atoms with Crippen molar-refractivity contribution in [1.82, 2.24) is 4.90 Å². The Morgan fingerprint density at radius 3 is 2.46 bits per heavy atom. The van der Waals surface area contributed by atoms with Crippen LogP contribution in [0.2, 0.25) is 5.02 Å². The van der Waals surface area contributed by atoms with Gasteiger partial charge in [0.15, 0.2) is 0 Å². The number of likely N-dealkylation sites (tertiary alicyclic amines) is 1. The van der Waals surface area contributed by atoms with Crippen LogP contribution in [0.3, 0.4) is 0 Å². The van der Waals surface area contributed by atoms with Gasteiger partial charge in [-0.3, -0.25) is 4.79 Å². The van der Waals surface area contributed by atoms with Gasteiger partial charge in [0.2, 0.25) is 5.91 Å². The SMILES string of the molecule is CN1CCC(Oc2ccc(NC(=O)CSc3ccc(Cl)cc3)cc2)CC1. The van der Waals surface area contributed by atoms with E-state index in [2.05, 4.69) is 17.3 Å². The minimum atomic E-state index is -0.0334. The Balaban J connectivity index is 1.44. The van der Waals surface area contributed by atoms with Gasteiger partial charge in [0.1, 0.15) is 11.9 Å². The van der Waals surface area contributed by atoms with Crippen molar-refractivity contribution in [1.29, 1.82) is 0 Å². The number of benzene rings is 2. The molecule has 1 aliphatic heterocycles. The number of carbonyl (C=O) groups is 1. The average Bonchev–Trinajstić information content (AvgIpc) is 2.65. The van der Waals surface area contributed by atoms with E-state index in [9.17, 15) is 4.79 Å². The highest BCUT2D eigenvalue weighted by atomic mass is 35.5. The van der Waals surface area contributed by atoms with Crippen LogP contribution in [0.1, 0.15) is 12.8 Å².